The van der Waals surface area contributed by atoms with Gasteiger partial charge in [0, 0.05) is 25.0 Å². The highest BCUT2D eigenvalue weighted by Gasteiger charge is 2.56. The van der Waals surface area contributed by atoms with Gasteiger partial charge in [-0.05, 0) is 51.4 Å². The van der Waals surface area contributed by atoms with Gasteiger partial charge in [0.25, 0.3) is 0 Å². The Bertz CT molecular complexity index is 577. The fourth-order valence-electron chi connectivity index (χ4n) is 5.49. The van der Waals surface area contributed by atoms with E-state index in [9.17, 15) is 9.50 Å². The Morgan fingerprint density at radius 1 is 1.06 bits per heavy atom. The lowest BCUT2D eigenvalue weighted by Gasteiger charge is -2.31. The Morgan fingerprint density at radius 2 is 1.81 bits per heavy atom. The number of alkyl halides is 1. The van der Waals surface area contributed by atoms with Crippen molar-refractivity contribution in [2.24, 2.45) is 11.8 Å². The standard InChI is InChI=1S/C25H41FO6/c1-2-3-4-9-18(30-20-10-5-7-14-28-20)13-12-17-16-19-22(23(26)25(27)31-19)24(17)32-21-11-6-8-15-29-21/h12-13,17-25,27H,2-11,14-16H2,1H3/t17-,18-,19-,20?,21?,22+,23-,24+,25?/m0/s1. The summed E-state index contributed by atoms with van der Waals surface area (Å²) >= 11 is 0. The van der Waals surface area contributed by atoms with Crippen molar-refractivity contribution in [3.05, 3.63) is 12.2 Å². The molecule has 3 heterocycles. The Hall–Kier alpha value is -0.570. The maximum atomic E-state index is 14.8. The van der Waals surface area contributed by atoms with Gasteiger partial charge in [-0.25, -0.2) is 4.39 Å². The molecule has 32 heavy (non-hydrogen) atoms. The number of fused-ring (bicyclic) bond motifs is 1. The van der Waals surface area contributed by atoms with Crippen molar-refractivity contribution in [3.8, 4) is 0 Å². The van der Waals surface area contributed by atoms with E-state index in [0.717, 1.165) is 64.4 Å². The summed E-state index contributed by atoms with van der Waals surface area (Å²) in [5, 5.41) is 9.90. The van der Waals surface area contributed by atoms with Gasteiger partial charge in [-0.3, -0.25) is 0 Å². The molecular formula is C25H41FO6. The van der Waals surface area contributed by atoms with Crippen LogP contribution in [0.25, 0.3) is 0 Å². The van der Waals surface area contributed by atoms with Crippen LogP contribution in [0.3, 0.4) is 0 Å². The van der Waals surface area contributed by atoms with E-state index < -0.39 is 18.4 Å². The van der Waals surface area contributed by atoms with Crippen LogP contribution in [-0.2, 0) is 23.7 Å². The third-order valence-corrected chi connectivity index (χ3v) is 7.27. The van der Waals surface area contributed by atoms with E-state index in [4.69, 9.17) is 23.7 Å². The predicted octanol–water partition coefficient (Wildman–Crippen LogP) is 4.64. The molecule has 0 aromatic heterocycles. The van der Waals surface area contributed by atoms with E-state index in [1.165, 1.54) is 6.42 Å². The average molecular weight is 457 g/mol. The first-order valence-electron chi connectivity index (χ1n) is 12.9. The number of unbranched alkanes of at least 4 members (excludes halogenated alkanes) is 2. The predicted molar refractivity (Wildman–Crippen MR) is 118 cm³/mol. The van der Waals surface area contributed by atoms with Crippen molar-refractivity contribution in [2.75, 3.05) is 13.2 Å². The third-order valence-electron chi connectivity index (χ3n) is 7.27. The Kier molecular flexibility index (Phi) is 9.38. The Morgan fingerprint density at radius 3 is 2.50 bits per heavy atom. The van der Waals surface area contributed by atoms with Crippen LogP contribution < -0.4 is 0 Å². The molecule has 6 nitrogen and oxygen atoms in total. The smallest absolute Gasteiger partial charge is 0.187 e. The summed E-state index contributed by atoms with van der Waals surface area (Å²) in [6.07, 6.45) is 11.4. The molecule has 4 rings (SSSR count). The lowest BCUT2D eigenvalue weighted by atomic mass is 9.95. The van der Waals surface area contributed by atoms with Crippen LogP contribution in [0.15, 0.2) is 12.2 Å². The normalized spacial score (nSPS) is 41.2. The van der Waals surface area contributed by atoms with E-state index in [2.05, 4.69) is 19.1 Å². The average Bonchev–Trinajstić information content (AvgIpc) is 3.28. The summed E-state index contributed by atoms with van der Waals surface area (Å²) in [6.45, 7) is 3.64. The third kappa shape index (κ3) is 6.30. The van der Waals surface area contributed by atoms with E-state index >= 15 is 0 Å². The quantitative estimate of drug-likeness (QED) is 0.382. The second-order valence-electron chi connectivity index (χ2n) is 9.73. The van der Waals surface area contributed by atoms with Crippen molar-refractivity contribution in [1.29, 1.82) is 0 Å². The highest BCUT2D eigenvalue weighted by molar-refractivity contribution is 5.09. The number of rotatable bonds is 10. The lowest BCUT2D eigenvalue weighted by Crippen LogP contribution is -2.38. The molecule has 9 atom stereocenters. The Labute approximate surface area is 191 Å². The molecule has 0 bridgehead atoms. The van der Waals surface area contributed by atoms with E-state index in [0.29, 0.717) is 13.0 Å². The number of aliphatic hydroxyl groups excluding tert-OH is 1. The van der Waals surface area contributed by atoms with Gasteiger partial charge in [0.15, 0.2) is 25.0 Å². The summed E-state index contributed by atoms with van der Waals surface area (Å²) in [5.41, 5.74) is 0. The first-order valence-corrected chi connectivity index (χ1v) is 12.9. The molecule has 0 aromatic carbocycles. The van der Waals surface area contributed by atoms with Crippen molar-refractivity contribution in [2.45, 2.75) is 121 Å². The summed E-state index contributed by atoms with van der Waals surface area (Å²) < 4.78 is 44.5. The zero-order valence-electron chi connectivity index (χ0n) is 19.4. The molecule has 184 valence electrons. The molecule has 0 amide bonds. The van der Waals surface area contributed by atoms with Gasteiger partial charge < -0.3 is 28.8 Å². The summed E-state index contributed by atoms with van der Waals surface area (Å²) in [4.78, 5) is 0. The largest absolute Gasteiger partial charge is 0.366 e. The molecule has 0 radical (unpaired) electrons. The van der Waals surface area contributed by atoms with Gasteiger partial charge in [-0.2, -0.15) is 0 Å². The SMILES string of the molecule is CCCCC[C@@H](C=C[C@H]1C[C@@H]2OC(O)[C@@H](F)[C@@H]2[C@@H]1OC1CCCCO1)OC1CCCCO1. The van der Waals surface area contributed by atoms with Crippen molar-refractivity contribution in [3.63, 3.8) is 0 Å². The van der Waals surface area contributed by atoms with Crippen LogP contribution in [0.2, 0.25) is 0 Å². The number of aliphatic hydroxyl groups is 1. The lowest BCUT2D eigenvalue weighted by molar-refractivity contribution is -0.204. The minimum Gasteiger partial charge on any atom is -0.366 e. The second-order valence-corrected chi connectivity index (χ2v) is 9.73. The topological polar surface area (TPSA) is 66.4 Å². The summed E-state index contributed by atoms with van der Waals surface area (Å²) in [6, 6.07) is 0. The molecule has 1 saturated carbocycles. The molecular weight excluding hydrogens is 415 g/mol. The van der Waals surface area contributed by atoms with E-state index in [-0.39, 0.29) is 36.8 Å². The molecule has 3 unspecified atom stereocenters. The monoisotopic (exact) mass is 456 g/mol. The van der Waals surface area contributed by atoms with Gasteiger partial charge in [0.1, 0.15) is 0 Å². The van der Waals surface area contributed by atoms with Crippen LogP contribution in [0.4, 0.5) is 4.39 Å². The van der Waals surface area contributed by atoms with Crippen molar-refractivity contribution in [1.82, 2.24) is 0 Å². The number of halogens is 1. The highest BCUT2D eigenvalue weighted by Crippen LogP contribution is 2.46. The van der Waals surface area contributed by atoms with Crippen LogP contribution in [-0.4, -0.2) is 61.7 Å². The molecule has 1 N–H and O–H groups in total. The molecule has 1 aliphatic carbocycles. The number of ether oxygens (including phenoxy) is 5. The van der Waals surface area contributed by atoms with Gasteiger partial charge in [0.05, 0.1) is 18.3 Å². The first-order chi connectivity index (χ1) is 15.7. The fraction of sp³-hybridized carbons (Fsp3) is 0.920. The van der Waals surface area contributed by atoms with E-state index in [1.54, 1.807) is 0 Å². The van der Waals surface area contributed by atoms with Gasteiger partial charge in [-0.1, -0.05) is 38.3 Å². The number of hydrogen-bond donors (Lipinski definition) is 1. The van der Waals surface area contributed by atoms with Crippen LogP contribution in [0.1, 0.15) is 77.6 Å². The summed E-state index contributed by atoms with van der Waals surface area (Å²) in [7, 11) is 0. The fourth-order valence-corrected chi connectivity index (χ4v) is 5.49. The maximum Gasteiger partial charge on any atom is 0.187 e. The molecule has 0 spiro atoms. The van der Waals surface area contributed by atoms with Crippen molar-refractivity contribution >= 4 is 0 Å². The maximum absolute atomic E-state index is 14.8. The zero-order valence-corrected chi connectivity index (χ0v) is 19.4. The van der Waals surface area contributed by atoms with Gasteiger partial charge in [0.2, 0.25) is 0 Å². The minimum absolute atomic E-state index is 0.00539. The van der Waals surface area contributed by atoms with E-state index in [1.807, 2.05) is 0 Å². The first kappa shape index (κ1) is 24.6. The second kappa shape index (κ2) is 12.2. The molecule has 7 heteroatoms. The molecule has 0 aromatic rings. The highest BCUT2D eigenvalue weighted by atomic mass is 19.1. The van der Waals surface area contributed by atoms with Crippen molar-refractivity contribution < 1.29 is 33.2 Å². The molecule has 4 fully saturated rings. The Balaban J connectivity index is 1.42. The van der Waals surface area contributed by atoms with Gasteiger partial charge in [-0.15, -0.1) is 0 Å². The zero-order chi connectivity index (χ0) is 22.3. The molecule has 4 aliphatic rings. The minimum atomic E-state index is -1.43. The summed E-state index contributed by atoms with van der Waals surface area (Å²) in [5.74, 6) is -0.461. The van der Waals surface area contributed by atoms with Crippen LogP contribution in [0.5, 0.6) is 0 Å². The molecule has 3 saturated heterocycles. The number of hydrogen-bond acceptors (Lipinski definition) is 6. The van der Waals surface area contributed by atoms with Crippen LogP contribution in [0, 0.1) is 11.8 Å². The molecule has 3 aliphatic heterocycles. The van der Waals surface area contributed by atoms with Gasteiger partial charge >= 0.3 is 0 Å². The van der Waals surface area contributed by atoms with Crippen LogP contribution >= 0.6 is 0 Å².